The summed E-state index contributed by atoms with van der Waals surface area (Å²) in [5.41, 5.74) is 6.89. The van der Waals surface area contributed by atoms with Crippen LogP contribution in [0, 0.1) is 6.92 Å². The Hall–Kier alpha value is -2.87. The molecule has 0 fully saturated rings. The summed E-state index contributed by atoms with van der Waals surface area (Å²) in [5, 5.41) is 0. The molecular formula is C17H20N4O4. The topological polar surface area (TPSA) is 111 Å². The van der Waals surface area contributed by atoms with E-state index in [-0.39, 0.29) is 18.0 Å². The Balaban J connectivity index is 1.84. The molecule has 0 unspecified atom stereocenters. The second-order valence-corrected chi connectivity index (χ2v) is 5.74. The normalized spacial score (nSPS) is 12.8. The highest BCUT2D eigenvalue weighted by Crippen LogP contribution is 2.29. The number of methoxy groups -OCH3 is 1. The van der Waals surface area contributed by atoms with Crippen LogP contribution in [0.3, 0.4) is 0 Å². The van der Waals surface area contributed by atoms with Gasteiger partial charge in [-0.25, -0.2) is 4.98 Å². The van der Waals surface area contributed by atoms with Crippen LogP contribution in [0.5, 0.6) is 11.5 Å². The summed E-state index contributed by atoms with van der Waals surface area (Å²) < 4.78 is 10.8. The number of hydrogen-bond acceptors (Lipinski definition) is 6. The predicted octanol–water partition coefficient (Wildman–Crippen LogP) is 0.580. The monoisotopic (exact) mass is 344 g/mol. The Morgan fingerprint density at radius 2 is 2.16 bits per heavy atom. The Labute approximate surface area is 144 Å². The van der Waals surface area contributed by atoms with Gasteiger partial charge in [-0.2, -0.15) is 0 Å². The smallest absolute Gasteiger partial charge is 0.256 e. The van der Waals surface area contributed by atoms with Gasteiger partial charge in [0.1, 0.15) is 12.4 Å². The molecule has 2 heterocycles. The lowest BCUT2D eigenvalue weighted by atomic mass is 10.1. The lowest BCUT2D eigenvalue weighted by molar-refractivity contribution is 0.0749. The van der Waals surface area contributed by atoms with Gasteiger partial charge >= 0.3 is 0 Å². The maximum Gasteiger partial charge on any atom is 0.256 e. The fourth-order valence-corrected chi connectivity index (χ4v) is 2.81. The number of H-pyrrole nitrogens is 1. The Bertz CT molecular complexity index is 862. The molecule has 0 saturated carbocycles. The maximum absolute atomic E-state index is 12.8. The highest BCUT2D eigenvalue weighted by Gasteiger charge is 2.28. The standard InChI is InChI=1S/C17H20N4O4/c1-10-19-13-9-21(8-12(13)16(22)20-10)17(23)11-3-4-14(24-2)15(7-11)25-6-5-18/h3-4,7H,5-6,8-9,18H2,1-2H3,(H,19,20,22). The summed E-state index contributed by atoms with van der Waals surface area (Å²) in [6.07, 6.45) is 0. The second kappa shape index (κ2) is 6.94. The van der Waals surface area contributed by atoms with Gasteiger partial charge in [-0.15, -0.1) is 0 Å². The quantitative estimate of drug-likeness (QED) is 0.821. The van der Waals surface area contributed by atoms with E-state index in [1.807, 2.05) is 0 Å². The van der Waals surface area contributed by atoms with Crippen LogP contribution in [0.2, 0.25) is 0 Å². The van der Waals surface area contributed by atoms with E-state index >= 15 is 0 Å². The van der Waals surface area contributed by atoms with E-state index in [1.165, 1.54) is 7.11 Å². The first-order chi connectivity index (χ1) is 12.0. The minimum atomic E-state index is -0.199. The van der Waals surface area contributed by atoms with Gasteiger partial charge in [-0.05, 0) is 25.1 Å². The number of fused-ring (bicyclic) bond motifs is 1. The number of rotatable bonds is 5. The van der Waals surface area contributed by atoms with Crippen LogP contribution in [0.15, 0.2) is 23.0 Å². The van der Waals surface area contributed by atoms with Gasteiger partial charge in [-0.1, -0.05) is 0 Å². The number of aromatic amines is 1. The molecule has 0 atom stereocenters. The number of aromatic nitrogens is 2. The predicted molar refractivity (Wildman–Crippen MR) is 90.7 cm³/mol. The van der Waals surface area contributed by atoms with Crippen LogP contribution in [-0.4, -0.2) is 41.0 Å². The number of nitrogens with one attached hydrogen (secondary N) is 1. The van der Waals surface area contributed by atoms with E-state index in [0.29, 0.717) is 53.8 Å². The molecule has 1 aliphatic rings. The van der Waals surface area contributed by atoms with Crippen molar-refractivity contribution in [1.29, 1.82) is 0 Å². The van der Waals surface area contributed by atoms with Crippen molar-refractivity contribution in [1.82, 2.24) is 14.9 Å². The van der Waals surface area contributed by atoms with E-state index in [4.69, 9.17) is 15.2 Å². The average molecular weight is 344 g/mol. The van der Waals surface area contributed by atoms with Crippen LogP contribution in [-0.2, 0) is 13.1 Å². The average Bonchev–Trinajstić information content (AvgIpc) is 3.03. The zero-order chi connectivity index (χ0) is 18.0. The SMILES string of the molecule is COc1ccc(C(=O)N2Cc3nc(C)[nH]c(=O)c3C2)cc1OCCN. The molecule has 132 valence electrons. The molecule has 0 radical (unpaired) electrons. The summed E-state index contributed by atoms with van der Waals surface area (Å²) in [5.74, 6) is 1.33. The van der Waals surface area contributed by atoms with Gasteiger partial charge in [0.05, 0.1) is 31.5 Å². The summed E-state index contributed by atoms with van der Waals surface area (Å²) in [7, 11) is 1.53. The van der Waals surface area contributed by atoms with Crippen LogP contribution in [0.25, 0.3) is 0 Å². The molecule has 3 N–H and O–H groups in total. The fraction of sp³-hybridized carbons (Fsp3) is 0.353. The number of carbonyl (C=O) groups excluding carboxylic acids is 1. The molecule has 1 aromatic heterocycles. The van der Waals surface area contributed by atoms with Gasteiger partial charge in [-0.3, -0.25) is 9.59 Å². The van der Waals surface area contributed by atoms with Crippen molar-refractivity contribution >= 4 is 5.91 Å². The van der Waals surface area contributed by atoms with Crippen LogP contribution >= 0.6 is 0 Å². The summed E-state index contributed by atoms with van der Waals surface area (Å²) in [4.78, 5) is 33.4. The number of hydrogen-bond donors (Lipinski definition) is 2. The molecule has 0 saturated heterocycles. The van der Waals surface area contributed by atoms with Gasteiger partial charge < -0.3 is 25.1 Å². The van der Waals surface area contributed by atoms with E-state index in [2.05, 4.69) is 9.97 Å². The van der Waals surface area contributed by atoms with Crippen LogP contribution in [0.1, 0.15) is 27.4 Å². The Morgan fingerprint density at radius 1 is 1.36 bits per heavy atom. The van der Waals surface area contributed by atoms with E-state index in [1.54, 1.807) is 30.0 Å². The molecule has 1 aromatic carbocycles. The molecule has 1 aliphatic heterocycles. The van der Waals surface area contributed by atoms with Crippen LogP contribution in [0.4, 0.5) is 0 Å². The van der Waals surface area contributed by atoms with E-state index < -0.39 is 0 Å². The van der Waals surface area contributed by atoms with Gasteiger partial charge in [0.15, 0.2) is 11.5 Å². The third kappa shape index (κ3) is 3.34. The third-order valence-electron chi connectivity index (χ3n) is 3.98. The minimum Gasteiger partial charge on any atom is -0.493 e. The van der Waals surface area contributed by atoms with Crippen LogP contribution < -0.4 is 20.8 Å². The number of nitrogens with zero attached hydrogens (tertiary/aromatic N) is 2. The number of benzene rings is 1. The fourth-order valence-electron chi connectivity index (χ4n) is 2.81. The number of nitrogens with two attached hydrogens (primary N) is 1. The largest absolute Gasteiger partial charge is 0.493 e. The van der Waals surface area contributed by atoms with Crippen molar-refractivity contribution in [3.8, 4) is 11.5 Å². The molecule has 0 aliphatic carbocycles. The second-order valence-electron chi connectivity index (χ2n) is 5.74. The number of aryl methyl sites for hydroxylation is 1. The minimum absolute atomic E-state index is 0.195. The lowest BCUT2D eigenvalue weighted by Crippen LogP contribution is -2.26. The molecule has 1 amide bonds. The van der Waals surface area contributed by atoms with Crippen molar-refractivity contribution in [3.05, 3.63) is 51.2 Å². The number of carbonyl (C=O) groups is 1. The number of amides is 1. The lowest BCUT2D eigenvalue weighted by Gasteiger charge is -2.17. The van der Waals surface area contributed by atoms with E-state index in [9.17, 15) is 9.59 Å². The molecule has 8 nitrogen and oxygen atoms in total. The summed E-state index contributed by atoms with van der Waals surface area (Å²) >= 11 is 0. The molecular weight excluding hydrogens is 324 g/mol. The third-order valence-corrected chi connectivity index (χ3v) is 3.98. The highest BCUT2D eigenvalue weighted by atomic mass is 16.5. The van der Waals surface area contributed by atoms with Gasteiger partial charge in [0.25, 0.3) is 11.5 Å². The summed E-state index contributed by atoms with van der Waals surface area (Å²) in [6, 6.07) is 4.97. The molecule has 25 heavy (non-hydrogen) atoms. The molecule has 3 rings (SSSR count). The van der Waals surface area contributed by atoms with Crippen molar-refractivity contribution in [2.45, 2.75) is 20.0 Å². The first kappa shape index (κ1) is 17.0. The molecule has 0 bridgehead atoms. The zero-order valence-electron chi connectivity index (χ0n) is 14.2. The molecule has 8 heteroatoms. The van der Waals surface area contributed by atoms with Crippen molar-refractivity contribution in [3.63, 3.8) is 0 Å². The molecule has 2 aromatic rings. The molecule has 0 spiro atoms. The highest BCUT2D eigenvalue weighted by molar-refractivity contribution is 5.95. The van der Waals surface area contributed by atoms with E-state index in [0.717, 1.165) is 0 Å². The Kier molecular flexibility index (Phi) is 4.71. The van der Waals surface area contributed by atoms with Crippen molar-refractivity contribution < 1.29 is 14.3 Å². The van der Waals surface area contributed by atoms with Gasteiger partial charge in [0.2, 0.25) is 0 Å². The summed E-state index contributed by atoms with van der Waals surface area (Å²) in [6.45, 7) is 2.95. The number of ether oxygens (including phenoxy) is 2. The first-order valence-corrected chi connectivity index (χ1v) is 7.92. The maximum atomic E-state index is 12.8. The van der Waals surface area contributed by atoms with Crippen molar-refractivity contribution in [2.24, 2.45) is 5.73 Å². The first-order valence-electron chi connectivity index (χ1n) is 7.92. The Morgan fingerprint density at radius 3 is 2.88 bits per heavy atom. The zero-order valence-corrected chi connectivity index (χ0v) is 14.2. The van der Waals surface area contributed by atoms with Gasteiger partial charge in [0, 0.05) is 12.1 Å². The van der Waals surface area contributed by atoms with Crippen molar-refractivity contribution in [2.75, 3.05) is 20.3 Å².